The number of benzene rings is 2. The summed E-state index contributed by atoms with van der Waals surface area (Å²) in [5.74, 6) is 0.464. The molecule has 1 aromatic heterocycles. The molecule has 2 heterocycles. The highest BCUT2D eigenvalue weighted by Gasteiger charge is 2.30. The molecule has 35 heavy (non-hydrogen) atoms. The van der Waals surface area contributed by atoms with Crippen LogP contribution in [0.15, 0.2) is 77.7 Å². The van der Waals surface area contributed by atoms with Gasteiger partial charge < -0.3 is 9.57 Å². The molecule has 5 nitrogen and oxygen atoms in total. The van der Waals surface area contributed by atoms with Crippen molar-refractivity contribution in [3.05, 3.63) is 83.7 Å². The summed E-state index contributed by atoms with van der Waals surface area (Å²) in [4.78, 5) is 29.6. The Morgan fingerprint density at radius 1 is 1.03 bits per heavy atom. The van der Waals surface area contributed by atoms with Crippen molar-refractivity contribution in [1.82, 2.24) is 0 Å². The zero-order chi connectivity index (χ0) is 24.5. The number of ether oxygens (including phenoxy) is 1. The van der Waals surface area contributed by atoms with E-state index in [4.69, 9.17) is 9.57 Å². The maximum atomic E-state index is 13.3. The number of oxime groups is 1. The fraction of sp³-hybridized carbons (Fsp3) is 0.276. The minimum Gasteiger partial charge on any atom is -0.482 e. The number of nitrogens with zero attached hydrogens (tertiary/aromatic N) is 1. The van der Waals surface area contributed by atoms with Gasteiger partial charge in [-0.3, -0.25) is 4.79 Å². The smallest absolute Gasteiger partial charge is 0.331 e. The van der Waals surface area contributed by atoms with Gasteiger partial charge in [0.15, 0.2) is 5.76 Å². The van der Waals surface area contributed by atoms with Crippen molar-refractivity contribution < 1.29 is 19.2 Å². The quantitative estimate of drug-likeness (QED) is 0.157. The molecule has 0 saturated carbocycles. The van der Waals surface area contributed by atoms with E-state index in [0.717, 1.165) is 37.9 Å². The van der Waals surface area contributed by atoms with E-state index in [-0.39, 0.29) is 17.8 Å². The lowest BCUT2D eigenvalue weighted by atomic mass is 9.98. The Labute approximate surface area is 208 Å². The number of carbonyl (C=O) groups excluding carboxylic acids is 2. The van der Waals surface area contributed by atoms with Gasteiger partial charge >= 0.3 is 5.97 Å². The lowest BCUT2D eigenvalue weighted by molar-refractivity contribution is -0.140. The van der Waals surface area contributed by atoms with Crippen LogP contribution in [-0.2, 0) is 14.4 Å². The number of rotatable bonds is 7. The zero-order valence-corrected chi connectivity index (χ0v) is 20.8. The molecule has 1 aliphatic carbocycles. The molecule has 2 unspecified atom stereocenters. The number of thiophene rings is 1. The summed E-state index contributed by atoms with van der Waals surface area (Å²) in [6, 6.07) is 12.0. The average Bonchev–Trinajstić information content (AvgIpc) is 3.44. The molecular weight excluding hydrogens is 458 g/mol. The van der Waals surface area contributed by atoms with E-state index in [1.165, 1.54) is 6.92 Å². The van der Waals surface area contributed by atoms with Crippen molar-refractivity contribution in [3.8, 4) is 0 Å². The Morgan fingerprint density at radius 3 is 2.40 bits per heavy atom. The molecule has 0 amide bonds. The fourth-order valence-electron chi connectivity index (χ4n) is 4.39. The highest BCUT2D eigenvalue weighted by atomic mass is 32.1. The Hall–Kier alpha value is -3.51. The number of carbonyl (C=O) groups is 2. The number of ketones is 1. The van der Waals surface area contributed by atoms with Crippen LogP contribution in [0.5, 0.6) is 0 Å². The molecule has 1 aliphatic heterocycles. The van der Waals surface area contributed by atoms with Gasteiger partial charge in [-0.2, -0.15) is 0 Å². The van der Waals surface area contributed by atoms with Crippen LogP contribution in [0.2, 0.25) is 0 Å². The number of hydrogen-bond donors (Lipinski definition) is 0. The molecule has 2 atom stereocenters. The van der Waals surface area contributed by atoms with Crippen molar-refractivity contribution in [1.29, 1.82) is 0 Å². The fourth-order valence-corrected chi connectivity index (χ4v) is 5.46. The molecule has 0 spiro atoms. The second-order valence-corrected chi connectivity index (χ2v) is 10.5. The van der Waals surface area contributed by atoms with E-state index in [9.17, 15) is 9.59 Å². The highest BCUT2D eigenvalue weighted by molar-refractivity contribution is 7.25. The van der Waals surface area contributed by atoms with E-state index in [1.807, 2.05) is 48.6 Å². The third-order valence-electron chi connectivity index (χ3n) is 6.26. The van der Waals surface area contributed by atoms with Crippen LogP contribution in [0, 0.1) is 11.8 Å². The second-order valence-electron chi connectivity index (χ2n) is 9.37. The first kappa shape index (κ1) is 23.2. The molecule has 0 fully saturated rings. The van der Waals surface area contributed by atoms with Crippen molar-refractivity contribution in [2.75, 3.05) is 0 Å². The van der Waals surface area contributed by atoms with Crippen molar-refractivity contribution in [2.45, 2.75) is 39.7 Å². The Bertz CT molecular complexity index is 1440. The SMILES string of the molecule is CC(=O)O/N=C(\CCC(C)C)c1ccc2sc3ccc(C(=O)C4=CC5C=CC=CC5O4)cc3c2c1. The third kappa shape index (κ3) is 4.84. The predicted octanol–water partition coefficient (Wildman–Crippen LogP) is 6.97. The lowest BCUT2D eigenvalue weighted by Gasteiger charge is -2.14. The molecule has 5 rings (SSSR count). The largest absolute Gasteiger partial charge is 0.482 e. The number of Topliss-reactive ketones (excluding diaryl/α,β-unsaturated/α-hetero) is 1. The number of fused-ring (bicyclic) bond motifs is 4. The molecule has 0 saturated heterocycles. The molecular formula is C29H27NO4S. The molecule has 0 bridgehead atoms. The van der Waals surface area contributed by atoms with Gasteiger partial charge in [0.05, 0.1) is 5.71 Å². The predicted molar refractivity (Wildman–Crippen MR) is 141 cm³/mol. The maximum Gasteiger partial charge on any atom is 0.331 e. The summed E-state index contributed by atoms with van der Waals surface area (Å²) in [5.41, 5.74) is 2.27. The van der Waals surface area contributed by atoms with Crippen LogP contribution < -0.4 is 0 Å². The van der Waals surface area contributed by atoms with E-state index in [2.05, 4.69) is 37.2 Å². The normalized spacial score (nSPS) is 19.2. The summed E-state index contributed by atoms with van der Waals surface area (Å²) in [6.07, 6.45) is 11.4. The first-order valence-electron chi connectivity index (χ1n) is 11.9. The Kier molecular flexibility index (Phi) is 6.39. The molecule has 2 aromatic carbocycles. The standard InChI is InChI=1S/C29H27NO4S/c1-17(2)8-11-24(30-34-18(3)31)19-9-12-27-22(14-19)23-15-21(10-13-28(23)35-27)29(32)26-16-20-6-4-5-7-25(20)33-26/h4-7,9-10,12-17,20,25H,8,11H2,1-3H3/b30-24+. The zero-order valence-electron chi connectivity index (χ0n) is 20.0. The Balaban J connectivity index is 1.50. The van der Waals surface area contributed by atoms with E-state index < -0.39 is 5.97 Å². The van der Waals surface area contributed by atoms with Gasteiger partial charge in [-0.15, -0.1) is 11.3 Å². The van der Waals surface area contributed by atoms with Gasteiger partial charge in [0.1, 0.15) is 6.10 Å². The molecule has 3 aromatic rings. The van der Waals surface area contributed by atoms with Gasteiger partial charge in [0, 0.05) is 44.1 Å². The van der Waals surface area contributed by atoms with Gasteiger partial charge in [-0.25, -0.2) is 4.79 Å². The van der Waals surface area contributed by atoms with Crippen molar-refractivity contribution in [3.63, 3.8) is 0 Å². The van der Waals surface area contributed by atoms with Gasteiger partial charge in [0.2, 0.25) is 5.78 Å². The summed E-state index contributed by atoms with van der Waals surface area (Å²) in [5, 5.41) is 6.22. The van der Waals surface area contributed by atoms with Crippen molar-refractivity contribution >= 4 is 49.0 Å². The monoisotopic (exact) mass is 485 g/mol. The van der Waals surface area contributed by atoms with Crippen LogP contribution in [0.1, 0.15) is 49.5 Å². The van der Waals surface area contributed by atoms with Crippen molar-refractivity contribution in [2.24, 2.45) is 17.0 Å². The van der Waals surface area contributed by atoms with Crippen LogP contribution in [0.25, 0.3) is 20.2 Å². The van der Waals surface area contributed by atoms with Gasteiger partial charge in [-0.1, -0.05) is 43.3 Å². The minimum absolute atomic E-state index is 0.104. The summed E-state index contributed by atoms with van der Waals surface area (Å²) < 4.78 is 8.16. The summed E-state index contributed by atoms with van der Waals surface area (Å²) in [7, 11) is 0. The molecule has 0 radical (unpaired) electrons. The van der Waals surface area contributed by atoms with Crippen LogP contribution in [-0.4, -0.2) is 23.6 Å². The molecule has 6 heteroatoms. The average molecular weight is 486 g/mol. The summed E-state index contributed by atoms with van der Waals surface area (Å²) in [6.45, 7) is 5.66. The van der Waals surface area contributed by atoms with Crippen LogP contribution in [0.3, 0.4) is 0 Å². The van der Waals surface area contributed by atoms with Gasteiger partial charge in [0.25, 0.3) is 0 Å². The Morgan fingerprint density at radius 2 is 1.71 bits per heavy atom. The number of hydrogen-bond acceptors (Lipinski definition) is 6. The van der Waals surface area contributed by atoms with E-state index in [0.29, 0.717) is 23.7 Å². The summed E-state index contributed by atoms with van der Waals surface area (Å²) >= 11 is 1.69. The maximum absolute atomic E-state index is 13.3. The first-order valence-corrected chi connectivity index (χ1v) is 12.7. The van der Waals surface area contributed by atoms with Crippen LogP contribution >= 0.6 is 11.3 Å². The first-order chi connectivity index (χ1) is 16.9. The molecule has 178 valence electrons. The minimum atomic E-state index is -0.438. The lowest BCUT2D eigenvalue weighted by Crippen LogP contribution is -2.14. The topological polar surface area (TPSA) is 65.0 Å². The molecule has 0 N–H and O–H groups in total. The molecule has 2 aliphatic rings. The second kappa shape index (κ2) is 9.62. The number of allylic oxidation sites excluding steroid dienone is 3. The van der Waals surface area contributed by atoms with E-state index in [1.54, 1.807) is 11.3 Å². The van der Waals surface area contributed by atoms with Crippen LogP contribution in [0.4, 0.5) is 0 Å². The highest BCUT2D eigenvalue weighted by Crippen LogP contribution is 2.36. The van der Waals surface area contributed by atoms with E-state index >= 15 is 0 Å². The third-order valence-corrected chi connectivity index (χ3v) is 7.41. The van der Waals surface area contributed by atoms with Gasteiger partial charge in [-0.05, 0) is 61.2 Å².